The van der Waals surface area contributed by atoms with Gasteiger partial charge >= 0.3 is 0 Å². The summed E-state index contributed by atoms with van der Waals surface area (Å²) in [4.78, 5) is 27.5. The summed E-state index contributed by atoms with van der Waals surface area (Å²) in [6.45, 7) is 5.94. The fourth-order valence-corrected chi connectivity index (χ4v) is 4.15. The molecule has 0 saturated carbocycles. The second-order valence-corrected chi connectivity index (χ2v) is 9.55. The molecule has 0 aliphatic carbocycles. The minimum atomic E-state index is -3.82. The van der Waals surface area contributed by atoms with E-state index in [4.69, 9.17) is 4.74 Å². The number of rotatable bonds is 12. The fourth-order valence-electron chi connectivity index (χ4n) is 3.29. The van der Waals surface area contributed by atoms with Gasteiger partial charge in [-0.15, -0.1) is 0 Å². The summed E-state index contributed by atoms with van der Waals surface area (Å²) in [6, 6.07) is 15.2. The first-order valence-electron chi connectivity index (χ1n) is 11.0. The topological polar surface area (TPSA) is 96.0 Å². The molecule has 1 N–H and O–H groups in total. The molecular weight excluding hydrogens is 442 g/mol. The third kappa shape index (κ3) is 7.49. The number of amides is 2. The van der Waals surface area contributed by atoms with Crippen molar-refractivity contribution in [2.24, 2.45) is 0 Å². The van der Waals surface area contributed by atoms with Crippen LogP contribution in [-0.2, 0) is 26.2 Å². The monoisotopic (exact) mass is 475 g/mol. The van der Waals surface area contributed by atoms with E-state index in [1.165, 1.54) is 4.90 Å². The maximum atomic E-state index is 13.5. The Balaban J connectivity index is 2.39. The van der Waals surface area contributed by atoms with Gasteiger partial charge in [-0.05, 0) is 38.0 Å². The predicted molar refractivity (Wildman–Crippen MR) is 130 cm³/mol. The average molecular weight is 476 g/mol. The SMILES string of the molecule is CCCNC(=O)[C@@H](C)N(Cc1ccccc1)C(=O)CN(c1ccccc1OCC)S(C)(=O)=O. The van der Waals surface area contributed by atoms with Crippen LogP contribution in [0.2, 0.25) is 0 Å². The highest BCUT2D eigenvalue weighted by Crippen LogP contribution is 2.30. The summed E-state index contributed by atoms with van der Waals surface area (Å²) >= 11 is 0. The first-order valence-corrected chi connectivity index (χ1v) is 12.8. The number of para-hydroxylation sites is 2. The minimum Gasteiger partial charge on any atom is -0.492 e. The molecule has 2 aromatic carbocycles. The minimum absolute atomic E-state index is 0.172. The van der Waals surface area contributed by atoms with Crippen molar-refractivity contribution < 1.29 is 22.7 Å². The van der Waals surface area contributed by atoms with Crippen LogP contribution in [0.1, 0.15) is 32.8 Å². The zero-order chi connectivity index (χ0) is 24.4. The van der Waals surface area contributed by atoms with Crippen LogP contribution in [0.25, 0.3) is 0 Å². The number of carbonyl (C=O) groups excluding carboxylic acids is 2. The lowest BCUT2D eigenvalue weighted by Gasteiger charge is -2.31. The summed E-state index contributed by atoms with van der Waals surface area (Å²) in [7, 11) is -3.82. The molecule has 0 spiro atoms. The Labute approximate surface area is 196 Å². The number of anilines is 1. The normalized spacial score (nSPS) is 12.0. The highest BCUT2D eigenvalue weighted by Gasteiger charge is 2.31. The molecular formula is C24H33N3O5S. The largest absolute Gasteiger partial charge is 0.492 e. The van der Waals surface area contributed by atoms with Crippen LogP contribution < -0.4 is 14.4 Å². The fraction of sp³-hybridized carbons (Fsp3) is 0.417. The van der Waals surface area contributed by atoms with Gasteiger partial charge in [-0.2, -0.15) is 0 Å². The lowest BCUT2D eigenvalue weighted by Crippen LogP contribution is -2.51. The van der Waals surface area contributed by atoms with Crippen molar-refractivity contribution in [1.29, 1.82) is 0 Å². The summed E-state index contributed by atoms with van der Waals surface area (Å²) in [6.07, 6.45) is 1.81. The highest BCUT2D eigenvalue weighted by atomic mass is 32.2. The van der Waals surface area contributed by atoms with E-state index in [-0.39, 0.29) is 18.1 Å². The Morgan fingerprint density at radius 2 is 1.67 bits per heavy atom. The van der Waals surface area contributed by atoms with Gasteiger partial charge in [0.2, 0.25) is 21.8 Å². The molecule has 0 bridgehead atoms. The van der Waals surface area contributed by atoms with E-state index >= 15 is 0 Å². The van der Waals surface area contributed by atoms with Crippen molar-refractivity contribution in [2.45, 2.75) is 39.8 Å². The van der Waals surface area contributed by atoms with Crippen LogP contribution >= 0.6 is 0 Å². The smallest absolute Gasteiger partial charge is 0.244 e. The molecule has 8 nitrogen and oxygen atoms in total. The van der Waals surface area contributed by atoms with Gasteiger partial charge in [-0.1, -0.05) is 49.4 Å². The molecule has 0 unspecified atom stereocenters. The van der Waals surface area contributed by atoms with Crippen LogP contribution in [0.5, 0.6) is 5.75 Å². The van der Waals surface area contributed by atoms with Gasteiger partial charge in [0.1, 0.15) is 18.3 Å². The summed E-state index contributed by atoms with van der Waals surface area (Å²) in [5.74, 6) is -0.418. The second kappa shape index (κ2) is 12.2. The zero-order valence-corrected chi connectivity index (χ0v) is 20.5. The van der Waals surface area contributed by atoms with E-state index in [9.17, 15) is 18.0 Å². The molecule has 9 heteroatoms. The van der Waals surface area contributed by atoms with Crippen LogP contribution in [-0.4, -0.2) is 57.1 Å². The number of carbonyl (C=O) groups is 2. The van der Waals surface area contributed by atoms with Crippen molar-refractivity contribution in [1.82, 2.24) is 10.2 Å². The van der Waals surface area contributed by atoms with Gasteiger partial charge < -0.3 is 15.0 Å². The number of hydrogen-bond donors (Lipinski definition) is 1. The Morgan fingerprint density at radius 1 is 1.03 bits per heavy atom. The number of nitrogens with one attached hydrogen (secondary N) is 1. The van der Waals surface area contributed by atoms with Crippen molar-refractivity contribution in [2.75, 3.05) is 30.3 Å². The van der Waals surface area contributed by atoms with E-state index in [1.807, 2.05) is 37.3 Å². The zero-order valence-electron chi connectivity index (χ0n) is 19.7. The third-order valence-electron chi connectivity index (χ3n) is 5.03. The number of nitrogens with zero attached hydrogens (tertiary/aromatic N) is 2. The molecule has 0 aromatic heterocycles. The number of hydrogen-bond acceptors (Lipinski definition) is 5. The van der Waals surface area contributed by atoms with E-state index in [0.717, 1.165) is 22.5 Å². The van der Waals surface area contributed by atoms with Crippen molar-refractivity contribution in [3.63, 3.8) is 0 Å². The lowest BCUT2D eigenvalue weighted by molar-refractivity contribution is -0.139. The molecule has 0 fully saturated rings. The van der Waals surface area contributed by atoms with E-state index in [2.05, 4.69) is 5.32 Å². The highest BCUT2D eigenvalue weighted by molar-refractivity contribution is 7.92. The van der Waals surface area contributed by atoms with Gasteiger partial charge in [-0.25, -0.2) is 8.42 Å². The quantitative estimate of drug-likeness (QED) is 0.509. The number of ether oxygens (including phenoxy) is 1. The lowest BCUT2D eigenvalue weighted by atomic mass is 10.1. The van der Waals surface area contributed by atoms with Crippen LogP contribution in [0, 0.1) is 0 Å². The number of benzene rings is 2. The van der Waals surface area contributed by atoms with Gasteiger partial charge in [0.25, 0.3) is 0 Å². The third-order valence-corrected chi connectivity index (χ3v) is 6.15. The first kappa shape index (κ1) is 26.2. The maximum Gasteiger partial charge on any atom is 0.244 e. The van der Waals surface area contributed by atoms with E-state index < -0.39 is 28.5 Å². The first-order chi connectivity index (χ1) is 15.7. The molecule has 0 aliphatic rings. The van der Waals surface area contributed by atoms with Gasteiger partial charge in [0.15, 0.2) is 0 Å². The van der Waals surface area contributed by atoms with Crippen LogP contribution in [0.15, 0.2) is 54.6 Å². The van der Waals surface area contributed by atoms with E-state index in [1.54, 1.807) is 38.1 Å². The molecule has 1 atom stereocenters. The van der Waals surface area contributed by atoms with Crippen molar-refractivity contribution >= 4 is 27.5 Å². The maximum absolute atomic E-state index is 13.5. The summed E-state index contributed by atoms with van der Waals surface area (Å²) in [5, 5.41) is 2.81. The van der Waals surface area contributed by atoms with E-state index in [0.29, 0.717) is 18.9 Å². The van der Waals surface area contributed by atoms with Gasteiger partial charge in [-0.3, -0.25) is 13.9 Å². The Kier molecular flexibility index (Phi) is 9.72. The van der Waals surface area contributed by atoms with Crippen molar-refractivity contribution in [3.05, 3.63) is 60.2 Å². The summed E-state index contributed by atoms with van der Waals surface area (Å²) in [5.41, 5.74) is 1.11. The standard InChI is InChI=1S/C24H33N3O5S/c1-5-16-25-24(29)19(3)26(17-20-12-8-7-9-13-20)23(28)18-27(33(4,30)31)21-14-10-11-15-22(21)32-6-2/h7-15,19H,5-6,16-18H2,1-4H3,(H,25,29)/t19-/m1/s1. The van der Waals surface area contributed by atoms with Crippen molar-refractivity contribution in [3.8, 4) is 5.75 Å². The van der Waals surface area contributed by atoms with Gasteiger partial charge in [0.05, 0.1) is 18.6 Å². The van der Waals surface area contributed by atoms with Crippen LogP contribution in [0.4, 0.5) is 5.69 Å². The summed E-state index contributed by atoms with van der Waals surface area (Å²) < 4.78 is 31.9. The predicted octanol–water partition coefficient (Wildman–Crippen LogP) is 2.79. The Bertz CT molecular complexity index is 1030. The molecule has 0 aliphatic heterocycles. The molecule has 0 radical (unpaired) electrons. The molecule has 33 heavy (non-hydrogen) atoms. The Hall–Kier alpha value is -3.07. The molecule has 0 heterocycles. The molecule has 0 saturated heterocycles. The molecule has 2 amide bonds. The second-order valence-electron chi connectivity index (χ2n) is 7.64. The van der Waals surface area contributed by atoms with Gasteiger partial charge in [0, 0.05) is 13.1 Å². The molecule has 180 valence electrons. The van der Waals surface area contributed by atoms with Crippen LogP contribution in [0.3, 0.4) is 0 Å². The molecule has 2 aromatic rings. The average Bonchev–Trinajstić information content (AvgIpc) is 2.79. The Morgan fingerprint density at radius 3 is 2.27 bits per heavy atom. The number of sulfonamides is 1. The molecule has 2 rings (SSSR count).